The molecule has 1 aromatic carbocycles. The molecule has 1 aliphatic carbocycles. The fourth-order valence-electron chi connectivity index (χ4n) is 4.23. The van der Waals surface area contributed by atoms with Crippen molar-refractivity contribution in [3.63, 3.8) is 0 Å². The Balaban J connectivity index is 2.01. The van der Waals surface area contributed by atoms with Crippen molar-refractivity contribution in [1.82, 2.24) is 0 Å². The van der Waals surface area contributed by atoms with Crippen LogP contribution < -0.4 is 4.90 Å². The molecule has 4 heteroatoms. The molecule has 134 valence electrons. The fourth-order valence-corrected chi connectivity index (χ4v) is 4.23. The predicted molar refractivity (Wildman–Crippen MR) is 98.6 cm³/mol. The summed E-state index contributed by atoms with van der Waals surface area (Å²) in [6.07, 6.45) is 7.87. The van der Waals surface area contributed by atoms with E-state index in [9.17, 15) is 14.7 Å². The third-order valence-corrected chi connectivity index (χ3v) is 5.54. The molecule has 1 aromatic rings. The number of carbonyl (C=O) groups excluding carboxylic acids is 2. The molecule has 1 saturated carbocycles. The number of nitrogens with zero attached hydrogens (tertiary/aromatic N) is 1. The van der Waals surface area contributed by atoms with Gasteiger partial charge in [-0.25, -0.2) is 0 Å². The van der Waals surface area contributed by atoms with Crippen molar-refractivity contribution in [2.75, 3.05) is 4.90 Å². The largest absolute Gasteiger partial charge is 0.503 e. The molecular weight excluding hydrogens is 314 g/mol. The molecule has 0 aromatic heterocycles. The lowest BCUT2D eigenvalue weighted by molar-refractivity contribution is -0.117. The van der Waals surface area contributed by atoms with Crippen LogP contribution in [0.2, 0.25) is 0 Å². The van der Waals surface area contributed by atoms with Crippen LogP contribution in [0, 0.1) is 12.8 Å². The highest BCUT2D eigenvalue weighted by molar-refractivity contribution is 6.16. The molecule has 0 spiro atoms. The van der Waals surface area contributed by atoms with Crippen LogP contribution in [0.15, 0.2) is 35.6 Å². The monoisotopic (exact) mass is 341 g/mol. The molecule has 0 bridgehead atoms. The smallest absolute Gasteiger partial charge is 0.294 e. The van der Waals surface area contributed by atoms with Crippen LogP contribution in [0.4, 0.5) is 5.69 Å². The number of aryl methyl sites for hydroxylation is 1. The van der Waals surface area contributed by atoms with Gasteiger partial charge in [-0.05, 0) is 44.7 Å². The topological polar surface area (TPSA) is 57.6 Å². The predicted octanol–water partition coefficient (Wildman–Crippen LogP) is 4.47. The van der Waals surface area contributed by atoms with Crippen LogP contribution in [-0.2, 0) is 9.59 Å². The number of aliphatic hydroxyl groups is 1. The maximum atomic E-state index is 12.8. The number of carbonyl (C=O) groups is 2. The SMILES string of the molecule is CC(=O)C1=C(O)C(=O)N(c2ccc(C)cc2)C1C1CCCCCCC1. The van der Waals surface area contributed by atoms with E-state index < -0.39 is 5.91 Å². The van der Waals surface area contributed by atoms with Crippen LogP contribution in [0.5, 0.6) is 0 Å². The summed E-state index contributed by atoms with van der Waals surface area (Å²) in [5.41, 5.74) is 2.17. The van der Waals surface area contributed by atoms with E-state index in [1.165, 1.54) is 26.2 Å². The Morgan fingerprint density at radius 3 is 2.16 bits per heavy atom. The Morgan fingerprint density at radius 2 is 1.60 bits per heavy atom. The molecule has 1 fully saturated rings. The van der Waals surface area contributed by atoms with Gasteiger partial charge in [-0.15, -0.1) is 0 Å². The second-order valence-corrected chi connectivity index (χ2v) is 7.38. The number of hydrogen-bond acceptors (Lipinski definition) is 3. The number of anilines is 1. The van der Waals surface area contributed by atoms with Crippen molar-refractivity contribution < 1.29 is 14.7 Å². The Bertz CT molecular complexity index is 682. The van der Waals surface area contributed by atoms with Gasteiger partial charge in [0.25, 0.3) is 5.91 Å². The standard InChI is InChI=1S/C21H27NO3/c1-14-10-12-17(13-11-14)22-19(16-8-6-4-3-5-7-9-16)18(15(2)23)20(24)21(22)25/h10-13,16,19,24H,3-9H2,1-2H3. The van der Waals surface area contributed by atoms with Gasteiger partial charge in [0, 0.05) is 5.69 Å². The second-order valence-electron chi connectivity index (χ2n) is 7.38. The summed E-state index contributed by atoms with van der Waals surface area (Å²) in [5, 5.41) is 10.4. The van der Waals surface area contributed by atoms with Gasteiger partial charge in [0.2, 0.25) is 0 Å². The number of benzene rings is 1. The molecule has 25 heavy (non-hydrogen) atoms. The number of aliphatic hydroxyl groups excluding tert-OH is 1. The van der Waals surface area contributed by atoms with Gasteiger partial charge in [-0.1, -0.05) is 49.8 Å². The van der Waals surface area contributed by atoms with E-state index in [1.54, 1.807) is 4.90 Å². The molecule has 0 radical (unpaired) electrons. The van der Waals surface area contributed by atoms with E-state index in [1.807, 2.05) is 31.2 Å². The first-order valence-corrected chi connectivity index (χ1v) is 9.35. The summed E-state index contributed by atoms with van der Waals surface area (Å²) < 4.78 is 0. The van der Waals surface area contributed by atoms with Gasteiger partial charge in [0.15, 0.2) is 11.5 Å². The minimum Gasteiger partial charge on any atom is -0.503 e. The van der Waals surface area contributed by atoms with E-state index >= 15 is 0 Å². The molecule has 0 saturated heterocycles. The Morgan fingerprint density at radius 1 is 1.04 bits per heavy atom. The molecule has 1 unspecified atom stereocenters. The summed E-state index contributed by atoms with van der Waals surface area (Å²) in [7, 11) is 0. The number of hydrogen-bond donors (Lipinski definition) is 1. The van der Waals surface area contributed by atoms with Gasteiger partial charge in [0.1, 0.15) is 0 Å². The summed E-state index contributed by atoms with van der Waals surface area (Å²) >= 11 is 0. The Labute approximate surface area is 149 Å². The number of rotatable bonds is 3. The number of amides is 1. The molecule has 3 rings (SSSR count). The van der Waals surface area contributed by atoms with E-state index in [0.29, 0.717) is 5.57 Å². The highest BCUT2D eigenvalue weighted by atomic mass is 16.3. The molecule has 1 aliphatic heterocycles. The normalized spacial score (nSPS) is 22.9. The van der Waals surface area contributed by atoms with Gasteiger partial charge in [-0.3, -0.25) is 14.5 Å². The summed E-state index contributed by atoms with van der Waals surface area (Å²) in [5.74, 6) is -0.789. The summed E-state index contributed by atoms with van der Waals surface area (Å²) in [6, 6.07) is 7.38. The highest BCUT2D eigenvalue weighted by Crippen LogP contribution is 2.39. The van der Waals surface area contributed by atoms with Crippen LogP contribution in [0.1, 0.15) is 57.4 Å². The average molecular weight is 341 g/mol. The molecule has 4 nitrogen and oxygen atoms in total. The quantitative estimate of drug-likeness (QED) is 0.882. The third-order valence-electron chi connectivity index (χ3n) is 5.54. The van der Waals surface area contributed by atoms with E-state index in [4.69, 9.17) is 0 Å². The summed E-state index contributed by atoms with van der Waals surface area (Å²) in [4.78, 5) is 26.7. The zero-order valence-corrected chi connectivity index (χ0v) is 15.1. The first-order chi connectivity index (χ1) is 12.0. The summed E-state index contributed by atoms with van der Waals surface area (Å²) in [6.45, 7) is 3.45. The molecule has 1 heterocycles. The fraction of sp³-hybridized carbons (Fsp3) is 0.524. The van der Waals surface area contributed by atoms with Crippen LogP contribution in [0.3, 0.4) is 0 Å². The third kappa shape index (κ3) is 3.48. The van der Waals surface area contributed by atoms with Crippen LogP contribution in [-0.4, -0.2) is 22.8 Å². The van der Waals surface area contributed by atoms with E-state index in [0.717, 1.165) is 36.9 Å². The molecule has 2 aliphatic rings. The van der Waals surface area contributed by atoms with Crippen molar-refractivity contribution in [3.8, 4) is 0 Å². The van der Waals surface area contributed by atoms with Crippen molar-refractivity contribution in [1.29, 1.82) is 0 Å². The molecular formula is C21H27NO3. The van der Waals surface area contributed by atoms with Crippen molar-refractivity contribution in [2.24, 2.45) is 5.92 Å². The van der Waals surface area contributed by atoms with Crippen molar-refractivity contribution in [3.05, 3.63) is 41.2 Å². The van der Waals surface area contributed by atoms with E-state index in [2.05, 4.69) is 0 Å². The van der Waals surface area contributed by atoms with Gasteiger partial charge in [0.05, 0.1) is 11.6 Å². The Hall–Kier alpha value is -2.10. The minimum atomic E-state index is -0.443. The van der Waals surface area contributed by atoms with Gasteiger partial charge < -0.3 is 5.11 Å². The lowest BCUT2D eigenvalue weighted by Crippen LogP contribution is -2.42. The highest BCUT2D eigenvalue weighted by Gasteiger charge is 2.45. The van der Waals surface area contributed by atoms with Crippen molar-refractivity contribution in [2.45, 2.75) is 64.8 Å². The zero-order valence-electron chi connectivity index (χ0n) is 15.1. The number of Topliss-reactive ketones (excluding diaryl/α,β-unsaturated/α-hetero) is 1. The second kappa shape index (κ2) is 7.42. The molecule has 1 amide bonds. The minimum absolute atomic E-state index is 0.201. The zero-order chi connectivity index (χ0) is 18.0. The van der Waals surface area contributed by atoms with E-state index in [-0.39, 0.29) is 23.5 Å². The van der Waals surface area contributed by atoms with Crippen molar-refractivity contribution >= 4 is 17.4 Å². The maximum Gasteiger partial charge on any atom is 0.294 e. The first-order valence-electron chi connectivity index (χ1n) is 9.35. The van der Waals surface area contributed by atoms with Crippen LogP contribution >= 0.6 is 0 Å². The lowest BCUT2D eigenvalue weighted by atomic mass is 9.82. The number of ketones is 1. The first kappa shape index (κ1) is 17.7. The maximum absolute atomic E-state index is 12.8. The Kier molecular flexibility index (Phi) is 5.26. The lowest BCUT2D eigenvalue weighted by Gasteiger charge is -2.34. The molecule has 1 atom stereocenters. The van der Waals surface area contributed by atoms with Gasteiger partial charge in [-0.2, -0.15) is 0 Å². The van der Waals surface area contributed by atoms with Crippen LogP contribution in [0.25, 0.3) is 0 Å². The molecule has 1 N–H and O–H groups in total. The van der Waals surface area contributed by atoms with Gasteiger partial charge >= 0.3 is 0 Å². The average Bonchev–Trinajstić information content (AvgIpc) is 2.80.